The lowest BCUT2D eigenvalue weighted by Gasteiger charge is -2.39. The molecule has 0 saturated heterocycles. The molecule has 0 radical (unpaired) electrons. The molecule has 4 heteroatoms. The van der Waals surface area contributed by atoms with Crippen LogP contribution < -0.4 is 5.73 Å². The molecule has 1 heterocycles. The van der Waals surface area contributed by atoms with E-state index >= 15 is 0 Å². The molecule has 114 valence electrons. The van der Waals surface area contributed by atoms with E-state index in [0.717, 1.165) is 31.9 Å². The van der Waals surface area contributed by atoms with Gasteiger partial charge >= 0.3 is 0 Å². The Kier molecular flexibility index (Phi) is 5.61. The molecule has 2 atom stereocenters. The first-order chi connectivity index (χ1) is 9.69. The molecular weight excluding hydrogens is 248 g/mol. The second kappa shape index (κ2) is 7.23. The van der Waals surface area contributed by atoms with E-state index in [1.807, 2.05) is 0 Å². The van der Waals surface area contributed by atoms with Crippen LogP contribution >= 0.6 is 0 Å². The fraction of sp³-hybridized carbons (Fsp3) is 0.812. The molecule has 1 aliphatic rings. The third kappa shape index (κ3) is 3.41. The molecule has 1 saturated carbocycles. The largest absolute Gasteiger partial charge is 0.330 e. The topological polar surface area (TPSA) is 47.1 Å². The van der Waals surface area contributed by atoms with E-state index in [1.165, 1.54) is 31.4 Å². The van der Waals surface area contributed by atoms with Gasteiger partial charge in [-0.05, 0) is 51.8 Å². The number of nitrogens with two attached hydrogens (primary N) is 1. The van der Waals surface area contributed by atoms with Crippen LogP contribution in [0.1, 0.15) is 50.9 Å². The van der Waals surface area contributed by atoms with Gasteiger partial charge in [-0.2, -0.15) is 5.10 Å². The number of aromatic nitrogens is 2. The number of nitrogens with zero attached hydrogens (tertiary/aromatic N) is 3. The normalized spacial score (nSPS) is 23.4. The fourth-order valence-corrected chi connectivity index (χ4v) is 3.62. The summed E-state index contributed by atoms with van der Waals surface area (Å²) in [6.07, 6.45) is 5.30. The summed E-state index contributed by atoms with van der Waals surface area (Å²) < 4.78 is 2.14. The van der Waals surface area contributed by atoms with E-state index in [1.54, 1.807) is 0 Å². The van der Waals surface area contributed by atoms with Gasteiger partial charge in [-0.3, -0.25) is 9.58 Å². The molecule has 2 unspecified atom stereocenters. The molecule has 1 aliphatic carbocycles. The zero-order valence-corrected chi connectivity index (χ0v) is 13.3. The van der Waals surface area contributed by atoms with Gasteiger partial charge < -0.3 is 5.73 Å². The molecule has 0 bridgehead atoms. The first-order valence-electron chi connectivity index (χ1n) is 8.17. The predicted molar refractivity (Wildman–Crippen MR) is 83.5 cm³/mol. The van der Waals surface area contributed by atoms with Gasteiger partial charge in [0.25, 0.3) is 0 Å². The van der Waals surface area contributed by atoms with Crippen molar-refractivity contribution in [3.8, 4) is 0 Å². The molecule has 4 nitrogen and oxygen atoms in total. The van der Waals surface area contributed by atoms with Crippen molar-refractivity contribution in [2.75, 3.05) is 13.1 Å². The third-order valence-corrected chi connectivity index (χ3v) is 4.70. The Morgan fingerprint density at radius 3 is 2.75 bits per heavy atom. The average molecular weight is 278 g/mol. The van der Waals surface area contributed by atoms with Crippen LogP contribution in [0.5, 0.6) is 0 Å². The molecule has 20 heavy (non-hydrogen) atoms. The van der Waals surface area contributed by atoms with Crippen molar-refractivity contribution in [3.05, 3.63) is 17.5 Å². The van der Waals surface area contributed by atoms with Gasteiger partial charge in [0.15, 0.2) is 0 Å². The molecule has 0 spiro atoms. The Balaban J connectivity index is 2.11. The number of rotatable bonds is 6. The molecular formula is C16H30N4. The average Bonchev–Trinajstić information content (AvgIpc) is 2.84. The highest BCUT2D eigenvalue weighted by molar-refractivity contribution is 5.09. The number of hydrogen-bond donors (Lipinski definition) is 1. The summed E-state index contributed by atoms with van der Waals surface area (Å²) in [7, 11) is 0. The lowest BCUT2D eigenvalue weighted by atomic mass is 9.83. The van der Waals surface area contributed by atoms with E-state index in [9.17, 15) is 0 Å². The smallest absolute Gasteiger partial charge is 0.0597 e. The Bertz CT molecular complexity index is 413. The van der Waals surface area contributed by atoms with Crippen LogP contribution in [0.15, 0.2) is 6.07 Å². The molecule has 2 N–H and O–H groups in total. The summed E-state index contributed by atoms with van der Waals surface area (Å²) in [4.78, 5) is 2.61. The quantitative estimate of drug-likeness (QED) is 0.870. The van der Waals surface area contributed by atoms with Crippen LogP contribution in [-0.2, 0) is 13.1 Å². The SMILES string of the molecule is CCN(Cc1cc(C)nn1CC)C1CCCCC1CN. The van der Waals surface area contributed by atoms with Gasteiger partial charge in [0.2, 0.25) is 0 Å². The van der Waals surface area contributed by atoms with Crippen LogP contribution in [0.2, 0.25) is 0 Å². The van der Waals surface area contributed by atoms with Crippen LogP contribution in [0.4, 0.5) is 0 Å². The van der Waals surface area contributed by atoms with Gasteiger partial charge in [0.1, 0.15) is 0 Å². The van der Waals surface area contributed by atoms with Crippen molar-refractivity contribution in [3.63, 3.8) is 0 Å². The minimum Gasteiger partial charge on any atom is -0.330 e. The maximum Gasteiger partial charge on any atom is 0.0597 e. The standard InChI is InChI=1S/C16H30N4/c1-4-19(16-9-7-6-8-14(16)11-17)12-15-10-13(3)18-20(15)5-2/h10,14,16H,4-9,11-12,17H2,1-3H3. The highest BCUT2D eigenvalue weighted by atomic mass is 15.3. The van der Waals surface area contributed by atoms with E-state index in [4.69, 9.17) is 5.73 Å². The minimum absolute atomic E-state index is 0.652. The van der Waals surface area contributed by atoms with E-state index < -0.39 is 0 Å². The highest BCUT2D eigenvalue weighted by Crippen LogP contribution is 2.28. The summed E-state index contributed by atoms with van der Waals surface area (Å²) in [6.45, 7) is 10.4. The van der Waals surface area contributed by atoms with E-state index in [-0.39, 0.29) is 0 Å². The van der Waals surface area contributed by atoms with Crippen LogP contribution in [-0.4, -0.2) is 33.8 Å². The van der Waals surface area contributed by atoms with Crippen molar-refractivity contribution in [2.45, 2.75) is 65.6 Å². The van der Waals surface area contributed by atoms with Crippen LogP contribution in [0.25, 0.3) is 0 Å². The lowest BCUT2D eigenvalue weighted by molar-refractivity contribution is 0.103. The second-order valence-corrected chi connectivity index (χ2v) is 6.00. The summed E-state index contributed by atoms with van der Waals surface area (Å²) >= 11 is 0. The number of aryl methyl sites for hydroxylation is 2. The Morgan fingerprint density at radius 2 is 2.10 bits per heavy atom. The van der Waals surface area contributed by atoms with E-state index in [2.05, 4.69) is 41.5 Å². The van der Waals surface area contributed by atoms with Crippen molar-refractivity contribution >= 4 is 0 Å². The summed E-state index contributed by atoms with van der Waals surface area (Å²) in [5.41, 5.74) is 8.46. The molecule has 1 fully saturated rings. The number of hydrogen-bond acceptors (Lipinski definition) is 3. The Hall–Kier alpha value is -0.870. The molecule has 0 aromatic carbocycles. The van der Waals surface area contributed by atoms with Gasteiger partial charge in [-0.1, -0.05) is 19.8 Å². The monoisotopic (exact) mass is 278 g/mol. The summed E-state index contributed by atoms with van der Waals surface area (Å²) in [6, 6.07) is 2.88. The van der Waals surface area contributed by atoms with Crippen molar-refractivity contribution in [2.24, 2.45) is 11.7 Å². The van der Waals surface area contributed by atoms with Crippen molar-refractivity contribution < 1.29 is 0 Å². The summed E-state index contributed by atoms with van der Waals surface area (Å²) in [5, 5.41) is 4.57. The zero-order chi connectivity index (χ0) is 14.5. The fourth-order valence-electron chi connectivity index (χ4n) is 3.62. The van der Waals surface area contributed by atoms with Gasteiger partial charge in [0, 0.05) is 19.1 Å². The molecule has 2 rings (SSSR count). The lowest BCUT2D eigenvalue weighted by Crippen LogP contribution is -2.44. The maximum atomic E-state index is 6.00. The predicted octanol–water partition coefficient (Wildman–Crippen LogP) is 2.55. The molecule has 1 aromatic rings. The highest BCUT2D eigenvalue weighted by Gasteiger charge is 2.28. The molecule has 0 amide bonds. The van der Waals surface area contributed by atoms with Crippen LogP contribution in [0.3, 0.4) is 0 Å². The third-order valence-electron chi connectivity index (χ3n) is 4.70. The Labute approximate surface area is 123 Å². The second-order valence-electron chi connectivity index (χ2n) is 6.00. The summed E-state index contributed by atoms with van der Waals surface area (Å²) in [5.74, 6) is 0.669. The van der Waals surface area contributed by atoms with Crippen LogP contribution in [0, 0.1) is 12.8 Å². The minimum atomic E-state index is 0.652. The van der Waals surface area contributed by atoms with Gasteiger partial charge in [0.05, 0.1) is 11.4 Å². The first-order valence-corrected chi connectivity index (χ1v) is 8.17. The van der Waals surface area contributed by atoms with E-state index in [0.29, 0.717) is 12.0 Å². The first kappa shape index (κ1) is 15.5. The van der Waals surface area contributed by atoms with Crippen molar-refractivity contribution in [1.29, 1.82) is 0 Å². The van der Waals surface area contributed by atoms with Crippen molar-refractivity contribution in [1.82, 2.24) is 14.7 Å². The van der Waals surface area contributed by atoms with Gasteiger partial charge in [-0.15, -0.1) is 0 Å². The maximum absolute atomic E-state index is 6.00. The molecule has 0 aliphatic heterocycles. The zero-order valence-electron chi connectivity index (χ0n) is 13.3. The Morgan fingerprint density at radius 1 is 1.35 bits per heavy atom. The van der Waals surface area contributed by atoms with Gasteiger partial charge in [-0.25, -0.2) is 0 Å². The molecule has 1 aromatic heterocycles.